The minimum Gasteiger partial charge on any atom is -0.497 e. The molecule has 1 fully saturated rings. The van der Waals surface area contributed by atoms with Crippen LogP contribution in [0.5, 0.6) is 11.5 Å². The van der Waals surface area contributed by atoms with Crippen molar-refractivity contribution in [2.24, 2.45) is 0 Å². The van der Waals surface area contributed by atoms with Gasteiger partial charge in [-0.2, -0.15) is 0 Å². The molecule has 154 valence electrons. The van der Waals surface area contributed by atoms with Crippen LogP contribution in [-0.2, 0) is 14.3 Å². The fourth-order valence-electron chi connectivity index (χ4n) is 2.51. The minimum absolute atomic E-state index is 0.187. The van der Waals surface area contributed by atoms with E-state index in [4.69, 9.17) is 9.47 Å². The van der Waals surface area contributed by atoms with Crippen molar-refractivity contribution in [1.29, 1.82) is 0 Å². The third-order valence-corrected chi connectivity index (χ3v) is 5.01. The van der Waals surface area contributed by atoms with Crippen LogP contribution in [0.4, 0.5) is 4.79 Å². The Hall–Kier alpha value is -3.59. The SMILES string of the molecule is COC(=O)CN1C(=O)S/C(=C\c2ccc(OC(=O)c3ccc(OC)cc3)cc2)C1=O. The maximum absolute atomic E-state index is 12.3. The zero-order chi connectivity index (χ0) is 21.7. The number of thioether (sulfide) groups is 1. The summed E-state index contributed by atoms with van der Waals surface area (Å²) in [6, 6.07) is 13.0. The van der Waals surface area contributed by atoms with Gasteiger partial charge in [0.1, 0.15) is 18.0 Å². The average Bonchev–Trinajstić information content (AvgIpc) is 3.02. The molecule has 2 aromatic rings. The lowest BCUT2D eigenvalue weighted by Crippen LogP contribution is -2.34. The summed E-state index contributed by atoms with van der Waals surface area (Å²) in [4.78, 5) is 48.8. The zero-order valence-electron chi connectivity index (χ0n) is 16.1. The summed E-state index contributed by atoms with van der Waals surface area (Å²) in [5.41, 5.74) is 1.00. The van der Waals surface area contributed by atoms with E-state index in [9.17, 15) is 19.2 Å². The molecule has 0 atom stereocenters. The molecule has 1 aliphatic rings. The number of imide groups is 1. The number of ether oxygens (including phenoxy) is 3. The summed E-state index contributed by atoms with van der Waals surface area (Å²) < 4.78 is 14.9. The Morgan fingerprint density at radius 2 is 1.60 bits per heavy atom. The highest BCUT2D eigenvalue weighted by atomic mass is 32.2. The maximum atomic E-state index is 12.3. The molecule has 8 nitrogen and oxygen atoms in total. The van der Waals surface area contributed by atoms with Crippen LogP contribution in [0.2, 0.25) is 0 Å². The number of amides is 2. The van der Waals surface area contributed by atoms with Crippen LogP contribution in [0.25, 0.3) is 6.08 Å². The summed E-state index contributed by atoms with van der Waals surface area (Å²) >= 11 is 0.739. The number of nitrogens with zero attached hydrogens (tertiary/aromatic N) is 1. The molecule has 0 aliphatic carbocycles. The lowest BCUT2D eigenvalue weighted by Gasteiger charge is -2.09. The largest absolute Gasteiger partial charge is 0.497 e. The molecule has 0 unspecified atom stereocenters. The van der Waals surface area contributed by atoms with Crippen molar-refractivity contribution in [3.63, 3.8) is 0 Å². The fourth-order valence-corrected chi connectivity index (χ4v) is 3.34. The first kappa shape index (κ1) is 21.1. The van der Waals surface area contributed by atoms with E-state index in [2.05, 4.69) is 4.74 Å². The molecule has 1 aliphatic heterocycles. The van der Waals surface area contributed by atoms with Crippen molar-refractivity contribution in [3.05, 3.63) is 64.6 Å². The van der Waals surface area contributed by atoms with Gasteiger partial charge in [0, 0.05) is 0 Å². The third kappa shape index (κ3) is 4.87. The zero-order valence-corrected chi connectivity index (χ0v) is 16.9. The van der Waals surface area contributed by atoms with Gasteiger partial charge in [-0.3, -0.25) is 19.3 Å². The van der Waals surface area contributed by atoms with Crippen LogP contribution >= 0.6 is 11.8 Å². The van der Waals surface area contributed by atoms with Crippen LogP contribution in [0.3, 0.4) is 0 Å². The number of hydrogen-bond acceptors (Lipinski definition) is 8. The average molecular weight is 427 g/mol. The van der Waals surface area contributed by atoms with Gasteiger partial charge >= 0.3 is 11.9 Å². The Morgan fingerprint density at radius 1 is 0.967 bits per heavy atom. The van der Waals surface area contributed by atoms with Gasteiger partial charge in [0.25, 0.3) is 11.1 Å². The second-order valence-corrected chi connectivity index (χ2v) is 7.02. The molecule has 0 bridgehead atoms. The summed E-state index contributed by atoms with van der Waals surface area (Å²) in [7, 11) is 2.72. The van der Waals surface area contributed by atoms with Crippen molar-refractivity contribution >= 4 is 40.9 Å². The van der Waals surface area contributed by atoms with E-state index in [1.807, 2.05) is 0 Å². The normalized spacial score (nSPS) is 14.7. The van der Waals surface area contributed by atoms with E-state index >= 15 is 0 Å². The molecule has 2 aromatic carbocycles. The monoisotopic (exact) mass is 427 g/mol. The van der Waals surface area contributed by atoms with E-state index in [0.717, 1.165) is 16.7 Å². The Labute approximate surface area is 176 Å². The molecule has 0 spiro atoms. The first-order valence-electron chi connectivity index (χ1n) is 8.69. The van der Waals surface area contributed by atoms with Crippen LogP contribution < -0.4 is 9.47 Å². The first-order valence-corrected chi connectivity index (χ1v) is 9.51. The molecule has 3 rings (SSSR count). The molecule has 30 heavy (non-hydrogen) atoms. The van der Waals surface area contributed by atoms with E-state index in [0.29, 0.717) is 22.6 Å². The molecule has 9 heteroatoms. The highest BCUT2D eigenvalue weighted by molar-refractivity contribution is 8.18. The third-order valence-electron chi connectivity index (χ3n) is 4.10. The summed E-state index contributed by atoms with van der Waals surface area (Å²) in [6.07, 6.45) is 1.53. The Bertz CT molecular complexity index is 1010. The lowest BCUT2D eigenvalue weighted by atomic mass is 10.2. The molecule has 1 heterocycles. The number of benzene rings is 2. The van der Waals surface area contributed by atoms with E-state index in [1.165, 1.54) is 20.3 Å². The summed E-state index contributed by atoms with van der Waals surface area (Å²) in [6.45, 7) is -0.432. The number of carbonyl (C=O) groups is 4. The summed E-state index contributed by atoms with van der Waals surface area (Å²) in [5.74, 6) is -0.806. The smallest absolute Gasteiger partial charge is 0.343 e. The predicted molar refractivity (Wildman–Crippen MR) is 109 cm³/mol. The standard InChI is InChI=1S/C21H17NO7S/c1-27-15-9-5-14(6-10-15)20(25)29-16-7-3-13(4-8-16)11-17-19(24)22(21(26)30-17)12-18(23)28-2/h3-11H,12H2,1-2H3/b17-11-. The van der Waals surface area contributed by atoms with Gasteiger partial charge in [0.05, 0.1) is 24.7 Å². The first-order chi connectivity index (χ1) is 14.4. The van der Waals surface area contributed by atoms with Gasteiger partial charge in [0.2, 0.25) is 0 Å². The van der Waals surface area contributed by atoms with Crippen molar-refractivity contribution in [2.45, 2.75) is 0 Å². The summed E-state index contributed by atoms with van der Waals surface area (Å²) in [5, 5.41) is -0.540. The fraction of sp³-hybridized carbons (Fsp3) is 0.143. The molecular weight excluding hydrogens is 410 g/mol. The number of methoxy groups -OCH3 is 2. The molecule has 0 aromatic heterocycles. The number of esters is 2. The highest BCUT2D eigenvalue weighted by Gasteiger charge is 2.36. The predicted octanol–water partition coefficient (Wildman–Crippen LogP) is 3.12. The van der Waals surface area contributed by atoms with E-state index in [1.54, 1.807) is 48.5 Å². The molecule has 0 radical (unpaired) electrons. The maximum Gasteiger partial charge on any atom is 0.343 e. The van der Waals surface area contributed by atoms with Gasteiger partial charge in [-0.05, 0) is 59.8 Å². The Balaban J connectivity index is 1.66. The number of rotatable bonds is 6. The quantitative estimate of drug-likeness (QED) is 0.394. The molecule has 2 amide bonds. The van der Waals surface area contributed by atoms with Gasteiger partial charge < -0.3 is 14.2 Å². The Kier molecular flexibility index (Phi) is 6.53. The topological polar surface area (TPSA) is 99.2 Å². The highest BCUT2D eigenvalue weighted by Crippen LogP contribution is 2.32. The Morgan fingerprint density at radius 3 is 2.20 bits per heavy atom. The van der Waals surface area contributed by atoms with Gasteiger partial charge in [-0.15, -0.1) is 0 Å². The number of carbonyl (C=O) groups excluding carboxylic acids is 4. The minimum atomic E-state index is -0.679. The lowest BCUT2D eigenvalue weighted by molar-refractivity contribution is -0.143. The second kappa shape index (κ2) is 9.27. The van der Waals surface area contributed by atoms with Gasteiger partial charge in [-0.1, -0.05) is 12.1 Å². The van der Waals surface area contributed by atoms with Crippen LogP contribution in [0.1, 0.15) is 15.9 Å². The second-order valence-electron chi connectivity index (χ2n) is 6.03. The van der Waals surface area contributed by atoms with E-state index in [-0.39, 0.29) is 4.91 Å². The number of hydrogen-bond donors (Lipinski definition) is 0. The molecule has 1 saturated heterocycles. The van der Waals surface area contributed by atoms with Crippen molar-refractivity contribution in [3.8, 4) is 11.5 Å². The molecular formula is C21H17NO7S. The van der Waals surface area contributed by atoms with Gasteiger partial charge in [-0.25, -0.2) is 4.79 Å². The van der Waals surface area contributed by atoms with Crippen LogP contribution in [0.15, 0.2) is 53.4 Å². The van der Waals surface area contributed by atoms with Crippen molar-refractivity contribution in [2.75, 3.05) is 20.8 Å². The molecule has 0 N–H and O–H groups in total. The van der Waals surface area contributed by atoms with E-state index < -0.39 is 29.6 Å². The molecule has 0 saturated carbocycles. The van der Waals surface area contributed by atoms with Crippen LogP contribution in [0, 0.1) is 0 Å². The van der Waals surface area contributed by atoms with Crippen molar-refractivity contribution < 1.29 is 33.4 Å². The van der Waals surface area contributed by atoms with Gasteiger partial charge in [0.15, 0.2) is 0 Å². The van der Waals surface area contributed by atoms with Crippen molar-refractivity contribution in [1.82, 2.24) is 4.90 Å². The van der Waals surface area contributed by atoms with Crippen LogP contribution in [-0.4, -0.2) is 48.7 Å².